The largest absolute Gasteiger partial charge is 0.341 e. The number of likely N-dealkylation sites (tertiary alicyclic amines) is 1. The summed E-state index contributed by atoms with van der Waals surface area (Å²) in [6, 6.07) is 11.2. The molecule has 0 unspecified atom stereocenters. The molecule has 2 aromatic heterocycles. The number of nitrogens with zero attached hydrogens (tertiary/aromatic N) is 5. The summed E-state index contributed by atoms with van der Waals surface area (Å²) in [6.45, 7) is 2.21. The molecule has 150 valence electrons. The van der Waals surface area contributed by atoms with Gasteiger partial charge in [0.05, 0.1) is 17.6 Å². The van der Waals surface area contributed by atoms with E-state index < -0.39 is 0 Å². The van der Waals surface area contributed by atoms with Crippen LogP contribution in [-0.2, 0) is 17.9 Å². The van der Waals surface area contributed by atoms with Crippen LogP contribution in [0.4, 0.5) is 0 Å². The second-order valence-corrected chi connectivity index (χ2v) is 7.44. The molecule has 0 saturated carbocycles. The molecule has 1 saturated heterocycles. The second-order valence-electron chi connectivity index (χ2n) is 7.44. The smallest absolute Gasteiger partial charge is 0.254 e. The van der Waals surface area contributed by atoms with Gasteiger partial charge in [-0.1, -0.05) is 12.1 Å². The molecule has 0 radical (unpaired) electrons. The fourth-order valence-electron chi connectivity index (χ4n) is 3.80. The average molecular weight is 391 g/mol. The Morgan fingerprint density at radius 1 is 1.03 bits per heavy atom. The number of carbonyl (C=O) groups is 2. The van der Waals surface area contributed by atoms with Crippen LogP contribution < -0.4 is 0 Å². The third kappa shape index (κ3) is 4.13. The van der Waals surface area contributed by atoms with Crippen LogP contribution in [0.15, 0.2) is 48.8 Å². The van der Waals surface area contributed by atoms with E-state index >= 15 is 0 Å². The third-order valence-electron chi connectivity index (χ3n) is 5.39. The zero-order valence-corrected chi connectivity index (χ0v) is 16.6. The number of amides is 2. The predicted octanol–water partition coefficient (Wildman–Crippen LogP) is 2.72. The molecule has 1 fully saturated rings. The maximum Gasteiger partial charge on any atom is 0.254 e. The van der Waals surface area contributed by atoms with Gasteiger partial charge < -0.3 is 14.4 Å². The lowest BCUT2D eigenvalue weighted by Gasteiger charge is -2.27. The Labute approximate surface area is 170 Å². The van der Waals surface area contributed by atoms with Crippen molar-refractivity contribution in [3.8, 4) is 0 Å². The molecule has 29 heavy (non-hydrogen) atoms. The van der Waals surface area contributed by atoms with Crippen LogP contribution >= 0.6 is 0 Å². The molecule has 0 atom stereocenters. The highest BCUT2D eigenvalue weighted by atomic mass is 16.2. The van der Waals surface area contributed by atoms with Gasteiger partial charge in [0.1, 0.15) is 12.4 Å². The number of piperidine rings is 1. The molecule has 3 aromatic rings. The van der Waals surface area contributed by atoms with Gasteiger partial charge >= 0.3 is 0 Å². The summed E-state index contributed by atoms with van der Waals surface area (Å²) in [5, 5.41) is 0. The number of benzene rings is 1. The van der Waals surface area contributed by atoms with Crippen LogP contribution in [0.2, 0.25) is 0 Å². The lowest BCUT2D eigenvalue weighted by Crippen LogP contribution is -2.38. The molecule has 2 amide bonds. The summed E-state index contributed by atoms with van der Waals surface area (Å²) in [5.41, 5.74) is 2.32. The highest BCUT2D eigenvalue weighted by molar-refractivity contribution is 5.93. The van der Waals surface area contributed by atoms with Crippen molar-refractivity contribution in [3.63, 3.8) is 0 Å². The van der Waals surface area contributed by atoms with E-state index in [1.165, 1.54) is 6.42 Å². The van der Waals surface area contributed by atoms with E-state index in [0.29, 0.717) is 17.9 Å². The highest BCUT2D eigenvalue weighted by Gasteiger charge is 2.21. The van der Waals surface area contributed by atoms with Crippen LogP contribution in [0.3, 0.4) is 0 Å². The summed E-state index contributed by atoms with van der Waals surface area (Å²) in [7, 11) is 1.75. The molecular formula is C22H25N5O2. The van der Waals surface area contributed by atoms with Crippen molar-refractivity contribution in [1.29, 1.82) is 0 Å². The van der Waals surface area contributed by atoms with Gasteiger partial charge in [-0.25, -0.2) is 4.98 Å². The molecule has 7 nitrogen and oxygen atoms in total. The first-order chi connectivity index (χ1) is 14.1. The summed E-state index contributed by atoms with van der Waals surface area (Å²) in [4.78, 5) is 37.9. The van der Waals surface area contributed by atoms with Crippen molar-refractivity contribution in [1.82, 2.24) is 24.3 Å². The number of para-hydroxylation sites is 2. The van der Waals surface area contributed by atoms with E-state index in [4.69, 9.17) is 4.98 Å². The van der Waals surface area contributed by atoms with E-state index in [0.717, 1.165) is 37.0 Å². The van der Waals surface area contributed by atoms with Crippen molar-refractivity contribution >= 4 is 22.8 Å². The minimum atomic E-state index is -0.103. The molecule has 1 aliphatic rings. The molecule has 0 N–H and O–H groups in total. The SMILES string of the molecule is CN(Cc1nc2ccccc2n1CC(=O)N1CCCCC1)C(=O)c1ccncc1. The first kappa shape index (κ1) is 19.1. The minimum absolute atomic E-state index is 0.103. The number of imidazole rings is 1. The van der Waals surface area contributed by atoms with Gasteiger partial charge in [-0.05, 0) is 43.5 Å². The monoisotopic (exact) mass is 391 g/mol. The highest BCUT2D eigenvalue weighted by Crippen LogP contribution is 2.19. The standard InChI is InChI=1S/C22H25N5O2/c1-25(22(29)17-9-11-23-12-10-17)15-20-24-18-7-3-4-8-19(18)27(20)16-21(28)26-13-5-2-6-14-26/h3-4,7-12H,2,5-6,13-16H2,1H3. The maximum absolute atomic E-state index is 12.9. The Kier molecular flexibility index (Phi) is 5.55. The van der Waals surface area contributed by atoms with Gasteiger partial charge in [0.25, 0.3) is 5.91 Å². The lowest BCUT2D eigenvalue weighted by atomic mass is 10.1. The topological polar surface area (TPSA) is 71.3 Å². The van der Waals surface area contributed by atoms with Crippen LogP contribution in [0.5, 0.6) is 0 Å². The van der Waals surface area contributed by atoms with E-state index in [1.54, 1.807) is 36.5 Å². The number of aromatic nitrogens is 3. The number of pyridine rings is 1. The van der Waals surface area contributed by atoms with Gasteiger partial charge in [0.2, 0.25) is 5.91 Å². The summed E-state index contributed by atoms with van der Waals surface area (Å²) in [6.07, 6.45) is 6.52. The molecule has 3 heterocycles. The van der Waals surface area contributed by atoms with E-state index in [1.807, 2.05) is 33.7 Å². The predicted molar refractivity (Wildman–Crippen MR) is 110 cm³/mol. The summed E-state index contributed by atoms with van der Waals surface area (Å²) >= 11 is 0. The number of carbonyl (C=O) groups excluding carboxylic acids is 2. The Hall–Kier alpha value is -3.22. The molecule has 0 bridgehead atoms. The molecule has 1 aromatic carbocycles. The third-order valence-corrected chi connectivity index (χ3v) is 5.39. The fourth-order valence-corrected chi connectivity index (χ4v) is 3.80. The fraction of sp³-hybridized carbons (Fsp3) is 0.364. The molecule has 1 aliphatic heterocycles. The van der Waals surface area contributed by atoms with Gasteiger partial charge in [-0.2, -0.15) is 0 Å². The van der Waals surface area contributed by atoms with Gasteiger partial charge in [-0.15, -0.1) is 0 Å². The van der Waals surface area contributed by atoms with Gasteiger partial charge in [0.15, 0.2) is 0 Å². The van der Waals surface area contributed by atoms with Gasteiger partial charge in [0, 0.05) is 38.1 Å². The quantitative estimate of drug-likeness (QED) is 0.670. The van der Waals surface area contributed by atoms with Crippen molar-refractivity contribution < 1.29 is 9.59 Å². The van der Waals surface area contributed by atoms with Crippen LogP contribution in [0, 0.1) is 0 Å². The van der Waals surface area contributed by atoms with Gasteiger partial charge in [-0.3, -0.25) is 14.6 Å². The average Bonchev–Trinajstić information content (AvgIpc) is 3.11. The summed E-state index contributed by atoms with van der Waals surface area (Å²) in [5.74, 6) is 0.715. The zero-order valence-electron chi connectivity index (χ0n) is 16.6. The minimum Gasteiger partial charge on any atom is -0.341 e. The molecular weight excluding hydrogens is 366 g/mol. The number of rotatable bonds is 5. The molecule has 0 aliphatic carbocycles. The lowest BCUT2D eigenvalue weighted by molar-refractivity contribution is -0.132. The van der Waals surface area contributed by atoms with Crippen molar-refractivity contribution in [2.45, 2.75) is 32.4 Å². The van der Waals surface area contributed by atoms with Crippen molar-refractivity contribution in [3.05, 3.63) is 60.2 Å². The maximum atomic E-state index is 12.9. The van der Waals surface area contributed by atoms with E-state index in [2.05, 4.69) is 4.98 Å². The Morgan fingerprint density at radius 2 is 1.76 bits per heavy atom. The van der Waals surface area contributed by atoms with Crippen LogP contribution in [0.25, 0.3) is 11.0 Å². The van der Waals surface area contributed by atoms with Crippen molar-refractivity contribution in [2.75, 3.05) is 20.1 Å². The first-order valence-electron chi connectivity index (χ1n) is 10.0. The molecule has 0 spiro atoms. The van der Waals surface area contributed by atoms with Crippen molar-refractivity contribution in [2.24, 2.45) is 0 Å². The Bertz CT molecular complexity index is 1010. The number of hydrogen-bond acceptors (Lipinski definition) is 4. The Morgan fingerprint density at radius 3 is 2.52 bits per heavy atom. The molecule has 4 rings (SSSR count). The van der Waals surface area contributed by atoms with Crippen LogP contribution in [-0.4, -0.2) is 56.3 Å². The number of fused-ring (bicyclic) bond motifs is 1. The summed E-state index contributed by atoms with van der Waals surface area (Å²) < 4.78 is 1.95. The second kappa shape index (κ2) is 8.43. The first-order valence-corrected chi connectivity index (χ1v) is 10.0. The zero-order chi connectivity index (χ0) is 20.2. The van der Waals surface area contributed by atoms with E-state index in [-0.39, 0.29) is 18.4 Å². The Balaban J connectivity index is 1.59. The number of hydrogen-bond donors (Lipinski definition) is 0. The van der Waals surface area contributed by atoms with Crippen LogP contribution in [0.1, 0.15) is 35.4 Å². The molecule has 7 heteroatoms. The van der Waals surface area contributed by atoms with E-state index in [9.17, 15) is 9.59 Å². The normalized spacial score (nSPS) is 14.2.